The number of carbonyl (C=O) groups excluding carboxylic acids is 1. The van der Waals surface area contributed by atoms with Gasteiger partial charge in [-0.3, -0.25) is 9.80 Å². The Kier molecular flexibility index (Phi) is 12.2. The van der Waals surface area contributed by atoms with Gasteiger partial charge in [-0.15, -0.1) is 5.54 Å². The lowest BCUT2D eigenvalue weighted by molar-refractivity contribution is 0.00537. The molecule has 5 aliphatic heterocycles. The number of nitrogens with zero attached hydrogens (tertiary/aromatic N) is 6. The Hall–Kier alpha value is -4.85. The molecule has 66 heavy (non-hydrogen) atoms. The van der Waals surface area contributed by atoms with Crippen LogP contribution in [0.4, 0.5) is 23.8 Å². The molecule has 4 fully saturated rings. The number of ether oxygens (including phenoxy) is 5. The van der Waals surface area contributed by atoms with E-state index in [4.69, 9.17) is 38.6 Å². The number of piperazine rings is 1. The van der Waals surface area contributed by atoms with Gasteiger partial charge < -0.3 is 28.6 Å². The highest BCUT2D eigenvalue weighted by molar-refractivity contribution is 6.90. The largest absolute Gasteiger partial charge is 0.475 e. The van der Waals surface area contributed by atoms with Crippen molar-refractivity contribution >= 4 is 41.7 Å². The van der Waals surface area contributed by atoms with Crippen molar-refractivity contribution in [2.75, 3.05) is 51.7 Å². The Bertz CT molecular complexity index is 2590. The second kappa shape index (κ2) is 17.3. The number of amides is 1. The van der Waals surface area contributed by atoms with Gasteiger partial charge in [-0.05, 0) is 93.2 Å². The highest BCUT2D eigenvalue weighted by Gasteiger charge is 2.53. The number of carbonyl (C=O) groups is 1. The molecule has 4 saturated heterocycles. The summed E-state index contributed by atoms with van der Waals surface area (Å²) in [7, 11) is -0.860. The average Bonchev–Trinajstić information content (AvgIpc) is 3.86. The number of anilines is 1. The van der Waals surface area contributed by atoms with Gasteiger partial charge in [0.25, 0.3) is 0 Å². The van der Waals surface area contributed by atoms with Crippen LogP contribution in [0.1, 0.15) is 100.0 Å². The molecule has 0 radical (unpaired) electrons. The summed E-state index contributed by atoms with van der Waals surface area (Å²) in [6.07, 6.45) is 2.07. The maximum Gasteiger partial charge on any atom is 0.410 e. The average molecular weight is 929 g/mol. The smallest absolute Gasteiger partial charge is 0.410 e. The van der Waals surface area contributed by atoms with Crippen LogP contribution in [0.15, 0.2) is 24.3 Å². The van der Waals surface area contributed by atoms with Gasteiger partial charge in [0.15, 0.2) is 12.6 Å². The summed E-state index contributed by atoms with van der Waals surface area (Å²) < 4.78 is 79.9. The Morgan fingerprint density at radius 3 is 2.45 bits per heavy atom. The number of rotatable bonds is 10. The minimum atomic E-state index is -2.36. The third kappa shape index (κ3) is 7.90. The van der Waals surface area contributed by atoms with Gasteiger partial charge in [-0.1, -0.05) is 53.5 Å². The van der Waals surface area contributed by atoms with Gasteiger partial charge in [0.05, 0.1) is 29.2 Å². The third-order valence-electron chi connectivity index (χ3n) is 14.9. The highest BCUT2D eigenvalue weighted by atomic mass is 28.3. The predicted octanol–water partition coefficient (Wildman–Crippen LogP) is 9.98. The van der Waals surface area contributed by atoms with Gasteiger partial charge >= 0.3 is 12.1 Å². The van der Waals surface area contributed by atoms with Crippen molar-refractivity contribution in [1.82, 2.24) is 24.8 Å². The summed E-state index contributed by atoms with van der Waals surface area (Å²) >= 11 is 0. The number of hydrogen-bond acceptors (Lipinski definition) is 11. The summed E-state index contributed by atoms with van der Waals surface area (Å²) in [5.74, 6) is 2.81. The molecule has 7 heterocycles. The maximum atomic E-state index is 18.1. The molecule has 2 bridgehead atoms. The molecule has 0 N–H and O–H groups in total. The van der Waals surface area contributed by atoms with E-state index in [1.807, 2.05) is 25.7 Å². The molecule has 0 saturated carbocycles. The van der Waals surface area contributed by atoms with Crippen LogP contribution in [0.3, 0.4) is 0 Å². The number of benzene rings is 2. The van der Waals surface area contributed by atoms with E-state index in [0.717, 1.165) is 25.8 Å². The first-order chi connectivity index (χ1) is 31.4. The molecule has 9 rings (SSSR count). The molecule has 0 aliphatic carbocycles. The van der Waals surface area contributed by atoms with Crippen molar-refractivity contribution in [3.8, 4) is 40.4 Å². The zero-order chi connectivity index (χ0) is 47.0. The fourth-order valence-electron chi connectivity index (χ4n) is 12.1. The molecule has 2 aromatic heterocycles. The molecular weight excluding hydrogens is 866 g/mol. The first kappa shape index (κ1) is 46.3. The van der Waals surface area contributed by atoms with E-state index in [9.17, 15) is 9.18 Å². The van der Waals surface area contributed by atoms with Crippen molar-refractivity contribution in [2.24, 2.45) is 0 Å². The first-order valence-corrected chi connectivity index (χ1v) is 25.8. The van der Waals surface area contributed by atoms with E-state index in [2.05, 4.69) is 62.8 Å². The number of methoxy groups -OCH3 is 1. The van der Waals surface area contributed by atoms with Crippen molar-refractivity contribution in [3.63, 3.8) is 0 Å². The van der Waals surface area contributed by atoms with Crippen LogP contribution in [-0.4, -0.2) is 121 Å². The van der Waals surface area contributed by atoms with E-state index in [1.54, 1.807) is 18.2 Å². The number of pyridine rings is 1. The molecule has 2 aromatic carbocycles. The lowest BCUT2D eigenvalue weighted by Gasteiger charge is -2.46. The third-order valence-corrected chi connectivity index (χ3v) is 21.2. The lowest BCUT2D eigenvalue weighted by Crippen LogP contribution is -2.63. The number of aromatic nitrogens is 3. The lowest BCUT2D eigenvalue weighted by atomic mass is 9.95. The van der Waals surface area contributed by atoms with Crippen LogP contribution >= 0.6 is 0 Å². The fourth-order valence-corrected chi connectivity index (χ4v) is 17.3. The van der Waals surface area contributed by atoms with Crippen molar-refractivity contribution in [3.05, 3.63) is 41.5 Å². The van der Waals surface area contributed by atoms with Crippen molar-refractivity contribution < 1.29 is 41.7 Å². The zero-order valence-electron chi connectivity index (χ0n) is 39.9. The minimum absolute atomic E-state index is 0.0670. The van der Waals surface area contributed by atoms with Gasteiger partial charge in [0.2, 0.25) is 5.88 Å². The van der Waals surface area contributed by atoms with Crippen LogP contribution < -0.4 is 19.1 Å². The van der Waals surface area contributed by atoms with E-state index in [1.165, 1.54) is 13.2 Å². The molecule has 0 spiro atoms. The highest BCUT2D eigenvalue weighted by Crippen LogP contribution is 2.48. The first-order valence-electron chi connectivity index (χ1n) is 23.6. The molecule has 0 unspecified atom stereocenters. The topological polar surface area (TPSA) is 112 Å². The minimum Gasteiger partial charge on any atom is -0.475 e. The predicted molar refractivity (Wildman–Crippen MR) is 251 cm³/mol. The maximum absolute atomic E-state index is 18.1. The molecule has 354 valence electrons. The Morgan fingerprint density at radius 1 is 0.985 bits per heavy atom. The summed E-state index contributed by atoms with van der Waals surface area (Å²) in [5.41, 5.74) is 3.43. The van der Waals surface area contributed by atoms with Gasteiger partial charge in [0.1, 0.15) is 67.0 Å². The standard InChI is InChI=1S/C50H63F3N6O6Si/c1-28(2)66(29(3)4,30(5)6)19-16-35-37(52)14-12-31-20-34(64-27-61-10)21-36(40(31)35)43-42(53)44-41-45(56-47(55-44)63-26-50-17-11-18-57(50)23-32(51)22-50)58-24-33-13-15-38(39(58)25-62-46(41)54-43)59(33)48(60)65-49(7,8)9/h12,14,20-21,28-30,32-33,38-39H,11,13,15,17-18,22-27H2,1-10H3/t32-,33-,38+,39+,50+/m1/s1. The number of halogens is 3. The Labute approximate surface area is 386 Å². The summed E-state index contributed by atoms with van der Waals surface area (Å²) in [5, 5.41) is 1.19. The van der Waals surface area contributed by atoms with Crippen LogP contribution in [0.2, 0.25) is 16.6 Å². The summed E-state index contributed by atoms with van der Waals surface area (Å²) in [6.45, 7) is 20.3. The summed E-state index contributed by atoms with van der Waals surface area (Å²) in [4.78, 5) is 34.6. The molecule has 5 atom stereocenters. The molecule has 12 nitrogen and oxygen atoms in total. The van der Waals surface area contributed by atoms with Crippen molar-refractivity contribution in [1.29, 1.82) is 0 Å². The molecule has 1 amide bonds. The second-order valence-electron chi connectivity index (χ2n) is 20.9. The van der Waals surface area contributed by atoms with Gasteiger partial charge in [-0.2, -0.15) is 9.97 Å². The number of alkyl halides is 1. The van der Waals surface area contributed by atoms with Crippen LogP contribution in [-0.2, 0) is 9.47 Å². The number of hydrogen-bond donors (Lipinski definition) is 0. The van der Waals surface area contributed by atoms with E-state index >= 15 is 8.78 Å². The van der Waals surface area contributed by atoms with Crippen LogP contribution in [0.5, 0.6) is 17.6 Å². The quantitative estimate of drug-likeness (QED) is 0.0861. The van der Waals surface area contributed by atoms with Crippen LogP contribution in [0.25, 0.3) is 32.9 Å². The van der Waals surface area contributed by atoms with Crippen molar-refractivity contribution in [2.45, 2.75) is 146 Å². The van der Waals surface area contributed by atoms with Gasteiger partial charge in [-0.25, -0.2) is 22.9 Å². The molecule has 4 aromatic rings. The fraction of sp³-hybridized carbons (Fsp3) is 0.600. The zero-order valence-corrected chi connectivity index (χ0v) is 40.9. The van der Waals surface area contributed by atoms with Crippen LogP contribution in [0, 0.1) is 23.1 Å². The molecular formula is C50H63F3N6O6Si. The Morgan fingerprint density at radius 2 is 1.74 bits per heavy atom. The van der Waals surface area contributed by atoms with Gasteiger partial charge in [0, 0.05) is 37.6 Å². The SMILES string of the molecule is COCOc1cc(-c2nc3c4c(nc(OC[C@@]56CCCN5C[C@H](F)C6)nc4c2F)N2C[C@H]4CC[C@@H]([C@@H]2CO3)N4C(=O)OC(C)(C)C)c2c(C#C[Si](C(C)C)(C(C)C)C(C)C)c(F)ccc2c1. The van der Waals surface area contributed by atoms with E-state index < -0.39 is 49.2 Å². The molecule has 16 heteroatoms. The van der Waals surface area contributed by atoms with E-state index in [0.29, 0.717) is 48.3 Å². The normalized spacial score (nSPS) is 23.9. The summed E-state index contributed by atoms with van der Waals surface area (Å²) in [6, 6.07) is 5.41. The second-order valence-corrected chi connectivity index (χ2v) is 26.5. The molecule has 5 aliphatic rings. The number of fused-ring (bicyclic) bond motifs is 7. The Balaban J connectivity index is 1.25. The van der Waals surface area contributed by atoms with E-state index in [-0.39, 0.29) is 88.3 Å². The monoisotopic (exact) mass is 928 g/mol.